The van der Waals surface area contributed by atoms with Crippen LogP contribution >= 0.6 is 0 Å². The molecule has 0 spiro atoms. The minimum atomic E-state index is 0.0377. The van der Waals surface area contributed by atoms with Gasteiger partial charge in [-0.25, -0.2) is 0 Å². The highest BCUT2D eigenvalue weighted by molar-refractivity contribution is 5.17. The zero-order valence-electron chi connectivity index (χ0n) is 10.3. The molecule has 2 aliphatic carbocycles. The Hall–Kier alpha value is -0.900. The molecule has 4 nitrogen and oxygen atoms in total. The second kappa shape index (κ2) is 4.41. The second-order valence-electron chi connectivity index (χ2n) is 5.63. The third-order valence-electron chi connectivity index (χ3n) is 4.36. The van der Waals surface area contributed by atoms with Crippen LogP contribution < -0.4 is 5.73 Å². The lowest BCUT2D eigenvalue weighted by Crippen LogP contribution is -2.20. The zero-order valence-corrected chi connectivity index (χ0v) is 10.3. The first-order valence-electron chi connectivity index (χ1n) is 6.88. The van der Waals surface area contributed by atoms with Crippen molar-refractivity contribution in [2.24, 2.45) is 5.73 Å². The van der Waals surface area contributed by atoms with E-state index in [1.54, 1.807) is 0 Å². The van der Waals surface area contributed by atoms with Gasteiger partial charge in [-0.15, -0.1) is 0 Å². The van der Waals surface area contributed by atoms with Crippen LogP contribution in [0.4, 0.5) is 0 Å². The summed E-state index contributed by atoms with van der Waals surface area (Å²) in [5.74, 6) is 2.24. The van der Waals surface area contributed by atoms with Gasteiger partial charge in [-0.1, -0.05) is 30.8 Å². The highest BCUT2D eigenvalue weighted by Crippen LogP contribution is 2.46. The fourth-order valence-electron chi connectivity index (χ4n) is 2.81. The average Bonchev–Trinajstić information content (AvgIpc) is 3.09. The van der Waals surface area contributed by atoms with Crippen molar-refractivity contribution in [3.63, 3.8) is 0 Å². The van der Waals surface area contributed by atoms with E-state index in [-0.39, 0.29) is 5.41 Å². The van der Waals surface area contributed by atoms with Gasteiger partial charge in [0.2, 0.25) is 5.89 Å². The van der Waals surface area contributed by atoms with E-state index >= 15 is 0 Å². The molecule has 2 fully saturated rings. The van der Waals surface area contributed by atoms with Crippen molar-refractivity contribution in [2.75, 3.05) is 6.54 Å². The van der Waals surface area contributed by atoms with Crippen molar-refractivity contribution in [1.82, 2.24) is 10.1 Å². The van der Waals surface area contributed by atoms with Gasteiger partial charge in [0.15, 0.2) is 5.82 Å². The Morgan fingerprint density at radius 3 is 2.47 bits per heavy atom. The summed E-state index contributed by atoms with van der Waals surface area (Å²) in [6.45, 7) is 0.638. The molecule has 1 heterocycles. The molecule has 0 bridgehead atoms. The van der Waals surface area contributed by atoms with Crippen LogP contribution in [-0.2, 0) is 5.41 Å². The van der Waals surface area contributed by atoms with Gasteiger partial charge < -0.3 is 10.3 Å². The van der Waals surface area contributed by atoms with E-state index in [4.69, 9.17) is 10.3 Å². The van der Waals surface area contributed by atoms with Crippen molar-refractivity contribution in [2.45, 2.75) is 62.7 Å². The molecule has 0 aromatic carbocycles. The van der Waals surface area contributed by atoms with Crippen LogP contribution in [0, 0.1) is 0 Å². The summed E-state index contributed by atoms with van der Waals surface area (Å²) < 4.78 is 5.44. The summed E-state index contributed by atoms with van der Waals surface area (Å²) >= 11 is 0. The molecule has 0 saturated heterocycles. The van der Waals surface area contributed by atoms with Crippen LogP contribution in [0.15, 0.2) is 4.52 Å². The standard InChI is InChI=1S/C13H21N3O/c14-9-13(7-8-13)12-15-11(16-17-12)10-5-3-1-2-4-6-10/h10H,1-9,14H2. The van der Waals surface area contributed by atoms with Crippen molar-refractivity contribution in [1.29, 1.82) is 0 Å². The van der Waals surface area contributed by atoms with Gasteiger partial charge in [0.05, 0.1) is 5.41 Å². The lowest BCUT2D eigenvalue weighted by molar-refractivity contribution is 0.340. The highest BCUT2D eigenvalue weighted by atomic mass is 16.5. The van der Waals surface area contributed by atoms with Crippen molar-refractivity contribution < 1.29 is 4.52 Å². The van der Waals surface area contributed by atoms with E-state index < -0.39 is 0 Å². The van der Waals surface area contributed by atoms with Gasteiger partial charge in [-0.2, -0.15) is 4.98 Å². The summed E-state index contributed by atoms with van der Waals surface area (Å²) in [5.41, 5.74) is 5.82. The van der Waals surface area contributed by atoms with Gasteiger partial charge in [-0.05, 0) is 25.7 Å². The summed E-state index contributed by atoms with van der Waals surface area (Å²) in [5, 5.41) is 4.19. The summed E-state index contributed by atoms with van der Waals surface area (Å²) in [4.78, 5) is 4.62. The van der Waals surface area contributed by atoms with Crippen LogP contribution in [0.2, 0.25) is 0 Å². The van der Waals surface area contributed by atoms with E-state index in [1.807, 2.05) is 0 Å². The Labute approximate surface area is 102 Å². The minimum absolute atomic E-state index is 0.0377. The molecule has 0 unspecified atom stereocenters. The zero-order chi connectivity index (χ0) is 11.7. The second-order valence-corrected chi connectivity index (χ2v) is 5.63. The molecular formula is C13H21N3O. The molecule has 0 aliphatic heterocycles. The van der Waals surface area contributed by atoms with Crippen LogP contribution in [0.5, 0.6) is 0 Å². The first-order valence-corrected chi connectivity index (χ1v) is 6.88. The molecule has 17 heavy (non-hydrogen) atoms. The van der Waals surface area contributed by atoms with Gasteiger partial charge in [0.1, 0.15) is 0 Å². The molecule has 4 heteroatoms. The van der Waals surface area contributed by atoms with Gasteiger partial charge >= 0.3 is 0 Å². The Morgan fingerprint density at radius 2 is 1.88 bits per heavy atom. The maximum Gasteiger partial charge on any atom is 0.234 e. The predicted molar refractivity (Wildman–Crippen MR) is 64.7 cm³/mol. The largest absolute Gasteiger partial charge is 0.339 e. The van der Waals surface area contributed by atoms with Crippen molar-refractivity contribution in [3.05, 3.63) is 11.7 Å². The highest BCUT2D eigenvalue weighted by Gasteiger charge is 2.48. The lowest BCUT2D eigenvalue weighted by Gasteiger charge is -2.08. The first-order chi connectivity index (χ1) is 8.34. The molecule has 0 atom stereocenters. The van der Waals surface area contributed by atoms with E-state index in [9.17, 15) is 0 Å². The molecule has 0 amide bonds. The van der Waals surface area contributed by atoms with E-state index in [1.165, 1.54) is 38.5 Å². The predicted octanol–water partition coefficient (Wildman–Crippen LogP) is 2.50. The third kappa shape index (κ3) is 2.10. The first kappa shape index (κ1) is 11.2. The molecule has 2 saturated carbocycles. The Bertz CT molecular complexity index is 376. The Morgan fingerprint density at radius 1 is 1.18 bits per heavy atom. The quantitative estimate of drug-likeness (QED) is 0.817. The number of nitrogens with two attached hydrogens (primary N) is 1. The van der Waals surface area contributed by atoms with Gasteiger partial charge in [0, 0.05) is 12.5 Å². The molecule has 1 aromatic heterocycles. The third-order valence-corrected chi connectivity index (χ3v) is 4.36. The number of hydrogen-bond donors (Lipinski definition) is 1. The van der Waals surface area contributed by atoms with Gasteiger partial charge in [-0.3, -0.25) is 0 Å². The molecule has 3 rings (SSSR count). The maximum atomic E-state index is 5.79. The summed E-state index contributed by atoms with van der Waals surface area (Å²) in [6, 6.07) is 0. The lowest BCUT2D eigenvalue weighted by atomic mass is 10.00. The fraction of sp³-hybridized carbons (Fsp3) is 0.846. The maximum absolute atomic E-state index is 5.79. The fourth-order valence-corrected chi connectivity index (χ4v) is 2.81. The van der Waals surface area contributed by atoms with Crippen molar-refractivity contribution in [3.8, 4) is 0 Å². The van der Waals surface area contributed by atoms with Crippen molar-refractivity contribution >= 4 is 0 Å². The molecule has 2 aliphatic rings. The van der Waals surface area contributed by atoms with Crippen LogP contribution in [-0.4, -0.2) is 16.7 Å². The van der Waals surface area contributed by atoms with E-state index in [0.717, 1.165) is 24.6 Å². The number of nitrogens with zero attached hydrogens (tertiary/aromatic N) is 2. The SMILES string of the molecule is NCC1(c2nc(C3CCCCCC3)no2)CC1. The monoisotopic (exact) mass is 235 g/mol. The Balaban J connectivity index is 1.75. The topological polar surface area (TPSA) is 64.9 Å². The Kier molecular flexibility index (Phi) is 2.90. The van der Waals surface area contributed by atoms with Crippen LogP contribution in [0.1, 0.15) is 69.0 Å². The van der Waals surface area contributed by atoms with Crippen LogP contribution in [0.25, 0.3) is 0 Å². The van der Waals surface area contributed by atoms with Gasteiger partial charge in [0.25, 0.3) is 0 Å². The number of hydrogen-bond acceptors (Lipinski definition) is 4. The summed E-state index contributed by atoms with van der Waals surface area (Å²) in [6.07, 6.45) is 9.96. The number of aromatic nitrogens is 2. The summed E-state index contributed by atoms with van der Waals surface area (Å²) in [7, 11) is 0. The van der Waals surface area contributed by atoms with E-state index in [2.05, 4.69) is 10.1 Å². The molecular weight excluding hydrogens is 214 g/mol. The smallest absolute Gasteiger partial charge is 0.234 e. The average molecular weight is 235 g/mol. The van der Waals surface area contributed by atoms with Crippen LogP contribution in [0.3, 0.4) is 0 Å². The number of rotatable bonds is 3. The minimum Gasteiger partial charge on any atom is -0.339 e. The molecule has 94 valence electrons. The molecule has 0 radical (unpaired) electrons. The molecule has 1 aromatic rings. The molecule has 2 N–H and O–H groups in total. The normalized spacial score (nSPS) is 24.5. The van der Waals surface area contributed by atoms with E-state index in [0.29, 0.717) is 12.5 Å².